The average Bonchev–Trinajstić information content (AvgIpc) is 3.22. The van der Waals surface area contributed by atoms with Gasteiger partial charge in [-0.05, 0) is 46.7 Å². The average molecular weight is 414 g/mol. The molecule has 28 heavy (non-hydrogen) atoms. The van der Waals surface area contributed by atoms with Crippen molar-refractivity contribution >= 4 is 47.3 Å². The topological polar surface area (TPSA) is 75.2 Å². The van der Waals surface area contributed by atoms with Crippen molar-refractivity contribution in [1.29, 1.82) is 0 Å². The zero-order valence-corrected chi connectivity index (χ0v) is 16.2. The first kappa shape index (κ1) is 18.6. The second-order valence-corrected chi connectivity index (χ2v) is 7.55. The molecule has 1 unspecified atom stereocenters. The van der Waals surface area contributed by atoms with E-state index in [0.717, 1.165) is 5.56 Å². The van der Waals surface area contributed by atoms with E-state index < -0.39 is 11.5 Å². The Hall–Kier alpha value is -2.78. The van der Waals surface area contributed by atoms with E-state index in [4.69, 9.17) is 0 Å². The Morgan fingerprint density at radius 3 is 2.79 bits per heavy atom. The van der Waals surface area contributed by atoms with Crippen molar-refractivity contribution < 1.29 is 14.0 Å². The molecular formula is C19H15FN4O2S2. The van der Waals surface area contributed by atoms with Crippen molar-refractivity contribution in [1.82, 2.24) is 14.3 Å². The number of thiol groups is 1. The number of rotatable bonds is 4. The van der Waals surface area contributed by atoms with Gasteiger partial charge in [0.05, 0.1) is 24.0 Å². The summed E-state index contributed by atoms with van der Waals surface area (Å²) in [4.78, 5) is 33.0. The van der Waals surface area contributed by atoms with Gasteiger partial charge in [0.2, 0.25) is 11.9 Å². The quantitative estimate of drug-likeness (QED) is 0.387. The van der Waals surface area contributed by atoms with Crippen LogP contribution in [0.2, 0.25) is 0 Å². The molecule has 0 radical (unpaired) electrons. The van der Waals surface area contributed by atoms with Gasteiger partial charge in [0.25, 0.3) is 0 Å². The summed E-state index contributed by atoms with van der Waals surface area (Å²) in [5.74, 6) is -0.626. The molecule has 1 saturated heterocycles. The number of Topliss-reactive ketones (excluding diaryl/α,β-unsaturated/α-hetero) is 1. The molecule has 142 valence electrons. The summed E-state index contributed by atoms with van der Waals surface area (Å²) < 4.78 is 14.3. The van der Waals surface area contributed by atoms with Crippen LogP contribution in [0.25, 0.3) is 0 Å². The van der Waals surface area contributed by atoms with Crippen molar-refractivity contribution in [3.8, 4) is 0 Å². The first-order chi connectivity index (χ1) is 13.5. The minimum atomic E-state index is -1.09. The summed E-state index contributed by atoms with van der Waals surface area (Å²) in [6.45, 7) is 0. The molecule has 0 saturated carbocycles. The highest BCUT2D eigenvalue weighted by Gasteiger charge is 2.49. The van der Waals surface area contributed by atoms with Crippen molar-refractivity contribution in [3.63, 3.8) is 0 Å². The van der Waals surface area contributed by atoms with Crippen LogP contribution in [0.1, 0.15) is 24.1 Å². The number of hydrogen-bond donors (Lipinski definition) is 2. The van der Waals surface area contributed by atoms with Gasteiger partial charge in [-0.3, -0.25) is 13.9 Å². The van der Waals surface area contributed by atoms with Crippen molar-refractivity contribution in [2.45, 2.75) is 18.4 Å². The molecule has 1 atom stereocenters. The molecule has 0 bridgehead atoms. The third kappa shape index (κ3) is 3.27. The van der Waals surface area contributed by atoms with E-state index in [1.165, 1.54) is 27.9 Å². The number of nitrogens with one attached hydrogen (secondary N) is 1. The van der Waals surface area contributed by atoms with Crippen LogP contribution < -0.4 is 5.32 Å². The number of pyridine rings is 2. The van der Waals surface area contributed by atoms with E-state index in [0.29, 0.717) is 17.2 Å². The van der Waals surface area contributed by atoms with Gasteiger partial charge < -0.3 is 5.32 Å². The number of hydrogen-bond acceptors (Lipinski definition) is 7. The predicted molar refractivity (Wildman–Crippen MR) is 107 cm³/mol. The monoisotopic (exact) mass is 414 g/mol. The lowest BCUT2D eigenvalue weighted by Crippen LogP contribution is -2.51. The molecule has 9 heteroatoms. The van der Waals surface area contributed by atoms with E-state index in [1.54, 1.807) is 24.3 Å². The lowest BCUT2D eigenvalue weighted by molar-refractivity contribution is -0.139. The summed E-state index contributed by atoms with van der Waals surface area (Å²) in [6, 6.07) is 9.94. The normalized spacial score (nSPS) is 19.7. The highest BCUT2D eigenvalue weighted by Crippen LogP contribution is 2.44. The maximum atomic E-state index is 13.0. The van der Waals surface area contributed by atoms with Crippen LogP contribution in [0, 0.1) is 5.95 Å². The zero-order chi connectivity index (χ0) is 19.7. The Bertz CT molecular complexity index is 1030. The van der Waals surface area contributed by atoms with Crippen molar-refractivity contribution in [3.05, 3.63) is 70.6 Å². The van der Waals surface area contributed by atoms with E-state index in [2.05, 4.69) is 28.1 Å². The van der Waals surface area contributed by atoms with Crippen LogP contribution >= 0.6 is 24.2 Å². The van der Waals surface area contributed by atoms with Crippen LogP contribution in [-0.4, -0.2) is 26.0 Å². The van der Waals surface area contributed by atoms with Crippen LogP contribution in [0.5, 0.6) is 0 Å². The Balaban J connectivity index is 1.78. The number of halogens is 1. The molecule has 1 N–H and O–H groups in total. The lowest BCUT2D eigenvalue weighted by Gasteiger charge is -2.42. The largest absolute Gasteiger partial charge is 0.339 e. The summed E-state index contributed by atoms with van der Waals surface area (Å²) in [5.41, 5.74) is 0.771. The number of carbonyl (C=O) groups is 2. The molecule has 3 aromatic rings. The smallest absolute Gasteiger partial charge is 0.240 e. The van der Waals surface area contributed by atoms with E-state index >= 15 is 0 Å². The molecule has 4 heterocycles. The van der Waals surface area contributed by atoms with Crippen molar-refractivity contribution in [2.24, 2.45) is 0 Å². The van der Waals surface area contributed by atoms with Gasteiger partial charge in [-0.2, -0.15) is 15.7 Å². The van der Waals surface area contributed by atoms with E-state index in [9.17, 15) is 14.0 Å². The molecule has 3 aromatic heterocycles. The minimum absolute atomic E-state index is 0.0908. The summed E-state index contributed by atoms with van der Waals surface area (Å²) in [5, 5.41) is 6.83. The summed E-state index contributed by atoms with van der Waals surface area (Å²) in [7, 11) is 0. The number of ketones is 1. The highest BCUT2D eigenvalue weighted by molar-refractivity contribution is 7.78. The van der Waals surface area contributed by atoms with Gasteiger partial charge in [0.15, 0.2) is 0 Å². The number of carbonyl (C=O) groups excluding carboxylic acids is 2. The standard InChI is InChI=1S/C19H15FN4O2S2/c20-16-5-4-13(10-21-16)22-17-3-1-2-15(23-17)19(12-6-7-28-11-12)9-14(25)8-18(26)24(19)27/h1-7,10-11,27H,8-9H2,(H,22,23). The molecule has 1 amide bonds. The highest BCUT2D eigenvalue weighted by atomic mass is 32.1. The molecule has 0 aromatic carbocycles. The Morgan fingerprint density at radius 2 is 2.07 bits per heavy atom. The number of piperidine rings is 1. The molecule has 4 rings (SSSR count). The number of nitrogens with zero attached hydrogens (tertiary/aromatic N) is 3. The lowest BCUT2D eigenvalue weighted by atomic mass is 9.79. The number of thiophene rings is 1. The van der Waals surface area contributed by atoms with Crippen LogP contribution in [0.15, 0.2) is 53.4 Å². The van der Waals surface area contributed by atoms with Crippen LogP contribution in [0.3, 0.4) is 0 Å². The van der Waals surface area contributed by atoms with Crippen LogP contribution in [0.4, 0.5) is 15.9 Å². The second-order valence-electron chi connectivity index (χ2n) is 6.37. The van der Waals surface area contributed by atoms with Gasteiger partial charge in [0.1, 0.15) is 17.1 Å². The molecular weight excluding hydrogens is 399 g/mol. The maximum absolute atomic E-state index is 13.0. The minimum Gasteiger partial charge on any atom is -0.339 e. The zero-order valence-electron chi connectivity index (χ0n) is 14.5. The van der Waals surface area contributed by atoms with E-state index in [1.807, 2.05) is 16.8 Å². The number of amides is 1. The predicted octanol–water partition coefficient (Wildman–Crippen LogP) is 3.70. The molecule has 1 aliphatic rings. The number of aromatic nitrogens is 2. The maximum Gasteiger partial charge on any atom is 0.240 e. The van der Waals surface area contributed by atoms with Gasteiger partial charge in [-0.25, -0.2) is 9.97 Å². The van der Waals surface area contributed by atoms with Crippen LogP contribution in [-0.2, 0) is 15.1 Å². The fraction of sp³-hybridized carbons (Fsp3) is 0.158. The first-order valence-corrected chi connectivity index (χ1v) is 9.76. The second kappa shape index (κ2) is 7.33. The Kier molecular flexibility index (Phi) is 4.86. The first-order valence-electron chi connectivity index (χ1n) is 8.41. The van der Waals surface area contributed by atoms with Gasteiger partial charge >= 0.3 is 0 Å². The third-order valence-electron chi connectivity index (χ3n) is 4.57. The number of anilines is 2. The fourth-order valence-corrected chi connectivity index (χ4v) is 4.37. The van der Waals surface area contributed by atoms with Gasteiger partial charge in [-0.15, -0.1) is 0 Å². The third-order valence-corrected chi connectivity index (χ3v) is 5.82. The Morgan fingerprint density at radius 1 is 1.21 bits per heavy atom. The molecule has 1 fully saturated rings. The molecule has 1 aliphatic heterocycles. The van der Waals surface area contributed by atoms with Gasteiger partial charge in [-0.1, -0.05) is 18.9 Å². The molecule has 6 nitrogen and oxygen atoms in total. The fourth-order valence-electron chi connectivity index (χ4n) is 3.28. The molecule has 0 spiro atoms. The SMILES string of the molecule is O=C1CC(=O)N(S)C(c2ccsc2)(c2cccc(Nc3ccc(F)nc3)n2)C1. The van der Waals surface area contributed by atoms with Gasteiger partial charge in [0, 0.05) is 6.42 Å². The summed E-state index contributed by atoms with van der Waals surface area (Å²) in [6.07, 6.45) is 1.28. The molecule has 0 aliphatic carbocycles. The summed E-state index contributed by atoms with van der Waals surface area (Å²) >= 11 is 5.91. The van der Waals surface area contributed by atoms with E-state index in [-0.39, 0.29) is 24.5 Å². The Labute approximate surface area is 170 Å². The van der Waals surface area contributed by atoms with Crippen molar-refractivity contribution in [2.75, 3.05) is 5.32 Å².